The maximum absolute atomic E-state index is 13.4. The summed E-state index contributed by atoms with van der Waals surface area (Å²) < 4.78 is 17.7. The van der Waals surface area contributed by atoms with E-state index >= 15 is 0 Å². The second-order valence-electron chi connectivity index (χ2n) is 10.1. The van der Waals surface area contributed by atoms with Gasteiger partial charge in [-0.1, -0.05) is 13.8 Å². The summed E-state index contributed by atoms with van der Waals surface area (Å²) in [5.74, 6) is -0.387. The number of carbonyl (C=O) groups is 2. The number of rotatable bonds is 1. The fourth-order valence-electron chi connectivity index (χ4n) is 6.57. The Balaban J connectivity index is 1.62. The molecule has 2 N–H and O–H groups in total. The number of aliphatic hydroxyl groups is 2. The van der Waals surface area contributed by atoms with Crippen LogP contribution in [0.1, 0.15) is 53.4 Å². The molecule has 0 radical (unpaired) electrons. The van der Waals surface area contributed by atoms with E-state index in [1.807, 2.05) is 27.7 Å². The summed E-state index contributed by atoms with van der Waals surface area (Å²) in [4.78, 5) is 26.1. The Morgan fingerprint density at radius 2 is 1.82 bits per heavy atom. The Morgan fingerprint density at radius 3 is 2.50 bits per heavy atom. The van der Waals surface area contributed by atoms with Gasteiger partial charge in [-0.3, -0.25) is 9.59 Å². The molecule has 2 saturated carbocycles. The van der Waals surface area contributed by atoms with E-state index in [9.17, 15) is 19.8 Å². The van der Waals surface area contributed by atoms with E-state index in [0.29, 0.717) is 24.8 Å². The van der Waals surface area contributed by atoms with Crippen molar-refractivity contribution in [3.63, 3.8) is 0 Å². The fraction of sp³-hybridized carbons (Fsp3) is 0.810. The first kappa shape index (κ1) is 18.6. The summed E-state index contributed by atoms with van der Waals surface area (Å²) in [6.45, 7) is 7.45. The smallest absolute Gasteiger partial charge is 0.287 e. The molecule has 2 aliphatic carbocycles. The predicted octanol–water partition coefficient (Wildman–Crippen LogP) is 1.25. The average Bonchev–Trinajstić information content (AvgIpc) is 3.44. The molecule has 0 aromatic carbocycles. The third kappa shape index (κ3) is 1.91. The molecule has 0 amide bonds. The lowest BCUT2D eigenvalue weighted by molar-refractivity contribution is -0.265. The zero-order chi connectivity index (χ0) is 20.3. The number of Topliss-reactive ketones (excluding diaryl/α,β-unsaturated/α-hetero) is 2. The van der Waals surface area contributed by atoms with Gasteiger partial charge < -0.3 is 24.4 Å². The lowest BCUT2D eigenvalue weighted by Crippen LogP contribution is -2.74. The van der Waals surface area contributed by atoms with Gasteiger partial charge in [-0.05, 0) is 33.1 Å². The van der Waals surface area contributed by atoms with E-state index in [1.54, 1.807) is 0 Å². The highest BCUT2D eigenvalue weighted by Gasteiger charge is 2.80. The Bertz CT molecular complexity index is 816. The van der Waals surface area contributed by atoms with E-state index in [2.05, 4.69) is 0 Å². The number of aliphatic hydroxyl groups excluding tert-OH is 1. The molecule has 7 nitrogen and oxygen atoms in total. The Hall–Kier alpha value is -1.44. The second kappa shape index (κ2) is 5.18. The molecule has 5 aliphatic rings. The van der Waals surface area contributed by atoms with Crippen molar-refractivity contribution >= 4 is 11.6 Å². The largest absolute Gasteiger partial charge is 0.459 e. The zero-order valence-electron chi connectivity index (χ0n) is 16.8. The van der Waals surface area contributed by atoms with Crippen molar-refractivity contribution in [2.45, 2.75) is 82.9 Å². The van der Waals surface area contributed by atoms with Crippen LogP contribution in [-0.4, -0.2) is 57.9 Å². The summed E-state index contributed by atoms with van der Waals surface area (Å²) in [6.07, 6.45) is 0.00903. The van der Waals surface area contributed by atoms with Crippen LogP contribution in [0.5, 0.6) is 0 Å². The number of carbonyl (C=O) groups excluding carboxylic acids is 2. The van der Waals surface area contributed by atoms with Crippen LogP contribution in [-0.2, 0) is 23.8 Å². The Morgan fingerprint density at radius 1 is 1.11 bits per heavy atom. The summed E-state index contributed by atoms with van der Waals surface area (Å²) in [7, 11) is 0. The van der Waals surface area contributed by atoms with Crippen molar-refractivity contribution in [1.29, 1.82) is 0 Å². The van der Waals surface area contributed by atoms with E-state index in [-0.39, 0.29) is 42.6 Å². The molecule has 154 valence electrons. The summed E-state index contributed by atoms with van der Waals surface area (Å²) in [5.41, 5.74) is -3.22. The van der Waals surface area contributed by atoms with E-state index < -0.39 is 34.2 Å². The number of ether oxygens (including phenoxy) is 3. The first-order valence-electron chi connectivity index (χ1n) is 10.1. The average molecular weight is 392 g/mol. The van der Waals surface area contributed by atoms with Gasteiger partial charge in [0.15, 0.2) is 11.6 Å². The molecule has 28 heavy (non-hydrogen) atoms. The molecule has 3 fully saturated rings. The van der Waals surface area contributed by atoms with Crippen molar-refractivity contribution in [2.24, 2.45) is 16.7 Å². The quantitative estimate of drug-likeness (QED) is 0.647. The molecule has 0 aromatic heterocycles. The summed E-state index contributed by atoms with van der Waals surface area (Å²) in [5, 5.41) is 21.3. The van der Waals surface area contributed by atoms with Gasteiger partial charge in [0.05, 0.1) is 35.7 Å². The van der Waals surface area contributed by atoms with Gasteiger partial charge in [0.25, 0.3) is 5.95 Å². The van der Waals surface area contributed by atoms with Gasteiger partial charge in [0.2, 0.25) is 0 Å². The zero-order valence-corrected chi connectivity index (χ0v) is 16.8. The SMILES string of the molecule is CC1(C)[C@@H]2O[C@@H]2C(=O)[C@]2(C)[C@@H]3CC4=C(O[C@H](CO)CC4=O)O[C@@]3(C)CC[C@]12O. The number of allylic oxidation sites excluding steroid dienone is 1. The number of fused-ring (bicyclic) bond motifs is 4. The highest BCUT2D eigenvalue weighted by atomic mass is 16.7. The minimum Gasteiger partial charge on any atom is -0.459 e. The molecule has 0 unspecified atom stereocenters. The predicted molar refractivity (Wildman–Crippen MR) is 95.9 cm³/mol. The molecular formula is C21H28O7. The standard InChI is InChI=1S/C21H28O7/c1-18(2)16-14(27-16)15(24)20(4)13-8-11-12(23)7-10(9-22)26-17(11)28-19(13,3)5-6-21(18,20)25/h10,13-14,16,22,25H,5-9H2,1-4H3/t10-,13+,14+,16+,19-,20-,21-/m0/s1. The third-order valence-corrected chi connectivity index (χ3v) is 8.52. The highest BCUT2D eigenvalue weighted by Crippen LogP contribution is 2.69. The maximum atomic E-state index is 13.4. The van der Waals surface area contributed by atoms with Crippen LogP contribution in [0.4, 0.5) is 0 Å². The monoisotopic (exact) mass is 392 g/mol. The normalized spacial score (nSPS) is 51.2. The molecule has 1 saturated heterocycles. The minimum absolute atomic E-state index is 0.0830. The van der Waals surface area contributed by atoms with Crippen LogP contribution >= 0.6 is 0 Å². The number of epoxide rings is 1. The maximum Gasteiger partial charge on any atom is 0.287 e. The Kier molecular flexibility index (Phi) is 3.44. The summed E-state index contributed by atoms with van der Waals surface area (Å²) >= 11 is 0. The minimum atomic E-state index is -1.24. The topological polar surface area (TPSA) is 106 Å². The lowest BCUT2D eigenvalue weighted by atomic mass is 9.41. The number of hydrogen-bond acceptors (Lipinski definition) is 7. The molecular weight excluding hydrogens is 364 g/mol. The lowest BCUT2D eigenvalue weighted by Gasteiger charge is -2.65. The van der Waals surface area contributed by atoms with Gasteiger partial charge >= 0.3 is 0 Å². The first-order chi connectivity index (χ1) is 13.0. The molecule has 7 heteroatoms. The van der Waals surface area contributed by atoms with Crippen LogP contribution < -0.4 is 0 Å². The van der Waals surface area contributed by atoms with Gasteiger partial charge in [-0.25, -0.2) is 0 Å². The van der Waals surface area contributed by atoms with Crippen molar-refractivity contribution in [2.75, 3.05) is 6.61 Å². The van der Waals surface area contributed by atoms with Crippen molar-refractivity contribution in [3.05, 3.63) is 11.5 Å². The molecule has 3 aliphatic heterocycles. The van der Waals surface area contributed by atoms with Crippen molar-refractivity contribution in [1.82, 2.24) is 0 Å². The van der Waals surface area contributed by atoms with Crippen LogP contribution in [0.25, 0.3) is 0 Å². The van der Waals surface area contributed by atoms with Gasteiger partial charge in [-0.15, -0.1) is 0 Å². The highest BCUT2D eigenvalue weighted by molar-refractivity contribution is 5.98. The van der Waals surface area contributed by atoms with E-state index in [4.69, 9.17) is 14.2 Å². The molecule has 5 rings (SSSR count). The molecule has 3 heterocycles. The number of ketones is 2. The van der Waals surface area contributed by atoms with Crippen LogP contribution in [0.15, 0.2) is 11.5 Å². The molecule has 0 bridgehead atoms. The summed E-state index contributed by atoms with van der Waals surface area (Å²) in [6, 6.07) is 0. The van der Waals surface area contributed by atoms with Crippen molar-refractivity contribution in [3.8, 4) is 0 Å². The molecule has 7 atom stereocenters. The van der Waals surface area contributed by atoms with Gasteiger partial charge in [0, 0.05) is 11.3 Å². The second-order valence-corrected chi connectivity index (χ2v) is 10.1. The van der Waals surface area contributed by atoms with E-state index in [0.717, 1.165) is 0 Å². The first-order valence-corrected chi connectivity index (χ1v) is 10.1. The van der Waals surface area contributed by atoms with Gasteiger partial charge in [0.1, 0.15) is 17.8 Å². The third-order valence-electron chi connectivity index (χ3n) is 8.52. The molecule has 0 aromatic rings. The number of hydrogen-bond donors (Lipinski definition) is 2. The van der Waals surface area contributed by atoms with Crippen LogP contribution in [0.2, 0.25) is 0 Å². The fourth-order valence-corrected chi connectivity index (χ4v) is 6.57. The van der Waals surface area contributed by atoms with Crippen molar-refractivity contribution < 1.29 is 34.0 Å². The molecule has 0 spiro atoms. The van der Waals surface area contributed by atoms with Gasteiger partial charge in [-0.2, -0.15) is 0 Å². The Labute approximate surface area is 164 Å². The van der Waals surface area contributed by atoms with Crippen LogP contribution in [0, 0.1) is 16.7 Å². The van der Waals surface area contributed by atoms with Crippen LogP contribution in [0.3, 0.4) is 0 Å². The van der Waals surface area contributed by atoms with E-state index in [1.165, 1.54) is 0 Å².